The summed E-state index contributed by atoms with van der Waals surface area (Å²) in [6.07, 6.45) is 4.20. The van der Waals surface area contributed by atoms with Crippen molar-refractivity contribution in [2.24, 2.45) is 0 Å². The van der Waals surface area contributed by atoms with Crippen LogP contribution in [0.4, 0.5) is 22.7 Å². The number of amides is 2. The molecular weight excluding hydrogens is 420 g/mol. The maximum Gasteiger partial charge on any atom is 0.293 e. The molecule has 3 rings (SSSR count). The van der Waals surface area contributed by atoms with E-state index in [0.717, 1.165) is 38.8 Å². The summed E-state index contributed by atoms with van der Waals surface area (Å²) in [6, 6.07) is 9.27. The summed E-state index contributed by atoms with van der Waals surface area (Å²) in [5, 5.41) is 17.4. The molecule has 1 aliphatic heterocycles. The van der Waals surface area contributed by atoms with Gasteiger partial charge in [-0.3, -0.25) is 19.7 Å². The van der Waals surface area contributed by atoms with Crippen LogP contribution in [0.15, 0.2) is 36.4 Å². The lowest BCUT2D eigenvalue weighted by Crippen LogP contribution is -2.30. The van der Waals surface area contributed by atoms with E-state index in [4.69, 9.17) is 11.6 Å². The van der Waals surface area contributed by atoms with Crippen LogP contribution < -0.4 is 15.5 Å². The first-order chi connectivity index (χ1) is 14.9. The first kappa shape index (κ1) is 22.6. The van der Waals surface area contributed by atoms with E-state index in [1.807, 2.05) is 11.8 Å². The van der Waals surface area contributed by atoms with Gasteiger partial charge in [-0.25, -0.2) is 0 Å². The SMILES string of the molecule is CCCC(=O)Nc1ccc(Cl)c(NC(=O)c2ccc(N3CCCCC3)c([N+](=O)[O-])c2)c1. The van der Waals surface area contributed by atoms with Gasteiger partial charge in [0.2, 0.25) is 5.91 Å². The van der Waals surface area contributed by atoms with Gasteiger partial charge >= 0.3 is 0 Å². The molecule has 0 radical (unpaired) electrons. The molecule has 0 bridgehead atoms. The van der Waals surface area contributed by atoms with E-state index < -0.39 is 10.8 Å². The van der Waals surface area contributed by atoms with E-state index in [9.17, 15) is 19.7 Å². The van der Waals surface area contributed by atoms with Crippen LogP contribution in [0.25, 0.3) is 0 Å². The number of carbonyl (C=O) groups excluding carboxylic acids is 2. The molecule has 2 aromatic rings. The lowest BCUT2D eigenvalue weighted by molar-refractivity contribution is -0.384. The van der Waals surface area contributed by atoms with Gasteiger partial charge in [-0.05, 0) is 56.0 Å². The lowest BCUT2D eigenvalue weighted by atomic mass is 10.1. The number of rotatable bonds is 7. The van der Waals surface area contributed by atoms with Gasteiger partial charge in [-0.2, -0.15) is 0 Å². The molecule has 1 aliphatic rings. The fraction of sp³-hybridized carbons (Fsp3) is 0.364. The second kappa shape index (κ2) is 10.3. The molecule has 2 amide bonds. The minimum Gasteiger partial charge on any atom is -0.366 e. The lowest BCUT2D eigenvalue weighted by Gasteiger charge is -2.28. The van der Waals surface area contributed by atoms with Gasteiger partial charge in [0.25, 0.3) is 11.6 Å². The van der Waals surface area contributed by atoms with Gasteiger partial charge in [0, 0.05) is 36.8 Å². The highest BCUT2D eigenvalue weighted by molar-refractivity contribution is 6.34. The molecule has 0 aliphatic carbocycles. The molecule has 2 N–H and O–H groups in total. The molecule has 31 heavy (non-hydrogen) atoms. The van der Waals surface area contributed by atoms with E-state index in [2.05, 4.69) is 10.6 Å². The highest BCUT2D eigenvalue weighted by Gasteiger charge is 2.23. The maximum atomic E-state index is 12.8. The summed E-state index contributed by atoms with van der Waals surface area (Å²) < 4.78 is 0. The first-order valence-electron chi connectivity index (χ1n) is 10.3. The van der Waals surface area contributed by atoms with E-state index in [1.54, 1.807) is 30.3 Å². The molecule has 1 saturated heterocycles. The van der Waals surface area contributed by atoms with Crippen molar-refractivity contribution in [3.05, 3.63) is 57.1 Å². The average Bonchev–Trinajstić information content (AvgIpc) is 2.76. The van der Waals surface area contributed by atoms with Gasteiger partial charge in [-0.15, -0.1) is 0 Å². The standard InChI is InChI=1S/C22H25ClN4O4/c1-2-6-21(28)24-16-8-9-17(23)18(14-16)25-22(29)15-7-10-19(20(13-15)27(30)31)26-11-4-3-5-12-26/h7-10,13-14H,2-6,11-12H2,1H3,(H,24,28)(H,25,29). The van der Waals surface area contributed by atoms with Gasteiger partial charge in [0.15, 0.2) is 0 Å². The predicted molar refractivity (Wildman–Crippen MR) is 122 cm³/mol. The van der Waals surface area contributed by atoms with Crippen molar-refractivity contribution in [1.29, 1.82) is 0 Å². The molecule has 1 heterocycles. The normalized spacial score (nSPS) is 13.5. The quantitative estimate of drug-likeness (QED) is 0.449. The number of nitrogens with zero attached hydrogens (tertiary/aromatic N) is 2. The molecule has 0 atom stereocenters. The van der Waals surface area contributed by atoms with E-state index in [1.165, 1.54) is 6.07 Å². The number of anilines is 3. The molecule has 164 valence electrons. The van der Waals surface area contributed by atoms with Crippen molar-refractivity contribution < 1.29 is 14.5 Å². The number of carbonyl (C=O) groups is 2. The average molecular weight is 445 g/mol. The van der Waals surface area contributed by atoms with Crippen LogP contribution in [-0.2, 0) is 4.79 Å². The second-order valence-electron chi connectivity index (χ2n) is 7.46. The summed E-state index contributed by atoms with van der Waals surface area (Å²) in [7, 11) is 0. The number of nitro groups is 1. The Morgan fingerprint density at radius 3 is 2.52 bits per heavy atom. The number of benzene rings is 2. The van der Waals surface area contributed by atoms with E-state index in [-0.39, 0.29) is 17.2 Å². The Hall–Kier alpha value is -3.13. The van der Waals surface area contributed by atoms with Crippen molar-refractivity contribution in [2.75, 3.05) is 28.6 Å². The fourth-order valence-corrected chi connectivity index (χ4v) is 3.72. The van der Waals surface area contributed by atoms with Gasteiger partial charge in [-0.1, -0.05) is 18.5 Å². The number of halogens is 1. The zero-order valence-electron chi connectivity index (χ0n) is 17.3. The molecule has 2 aromatic carbocycles. The van der Waals surface area contributed by atoms with Gasteiger partial charge < -0.3 is 15.5 Å². The highest BCUT2D eigenvalue weighted by Crippen LogP contribution is 2.32. The number of hydrogen-bond donors (Lipinski definition) is 2. The number of piperidine rings is 1. The highest BCUT2D eigenvalue weighted by atomic mass is 35.5. The van der Waals surface area contributed by atoms with Gasteiger partial charge in [0.05, 0.1) is 15.6 Å². The molecule has 0 saturated carbocycles. The van der Waals surface area contributed by atoms with E-state index in [0.29, 0.717) is 28.5 Å². The minimum absolute atomic E-state index is 0.0961. The Morgan fingerprint density at radius 2 is 1.84 bits per heavy atom. The van der Waals surface area contributed by atoms with Crippen LogP contribution in [0.5, 0.6) is 0 Å². The Kier molecular flexibility index (Phi) is 7.46. The van der Waals surface area contributed by atoms with Crippen LogP contribution in [-0.4, -0.2) is 29.8 Å². The Labute approximate surface area is 185 Å². The van der Waals surface area contributed by atoms with Crippen LogP contribution in [0.1, 0.15) is 49.4 Å². The Balaban J connectivity index is 1.80. The van der Waals surface area contributed by atoms with Crippen molar-refractivity contribution in [1.82, 2.24) is 0 Å². The predicted octanol–water partition coefficient (Wildman–Crippen LogP) is 5.23. The Morgan fingerprint density at radius 1 is 1.10 bits per heavy atom. The monoisotopic (exact) mass is 444 g/mol. The zero-order chi connectivity index (χ0) is 22.4. The third-order valence-corrected chi connectivity index (χ3v) is 5.44. The zero-order valence-corrected chi connectivity index (χ0v) is 18.1. The van der Waals surface area contributed by atoms with Crippen molar-refractivity contribution in [2.45, 2.75) is 39.0 Å². The number of nitrogens with one attached hydrogen (secondary N) is 2. The van der Waals surface area contributed by atoms with Crippen molar-refractivity contribution in [3.8, 4) is 0 Å². The Bertz CT molecular complexity index is 989. The molecule has 0 aromatic heterocycles. The van der Waals surface area contributed by atoms with Crippen LogP contribution >= 0.6 is 11.6 Å². The van der Waals surface area contributed by atoms with Crippen LogP contribution in [0.3, 0.4) is 0 Å². The smallest absolute Gasteiger partial charge is 0.293 e. The molecule has 9 heteroatoms. The molecule has 1 fully saturated rings. The van der Waals surface area contributed by atoms with Crippen molar-refractivity contribution >= 4 is 46.2 Å². The van der Waals surface area contributed by atoms with Gasteiger partial charge in [0.1, 0.15) is 5.69 Å². The summed E-state index contributed by atoms with van der Waals surface area (Å²) in [4.78, 5) is 37.8. The summed E-state index contributed by atoms with van der Waals surface area (Å²) in [6.45, 7) is 3.43. The number of nitro benzene ring substituents is 1. The molecule has 8 nitrogen and oxygen atoms in total. The fourth-order valence-electron chi connectivity index (χ4n) is 3.56. The summed E-state index contributed by atoms with van der Waals surface area (Å²) >= 11 is 6.19. The number of hydrogen-bond acceptors (Lipinski definition) is 5. The largest absolute Gasteiger partial charge is 0.366 e. The third kappa shape index (κ3) is 5.73. The third-order valence-electron chi connectivity index (χ3n) is 5.11. The summed E-state index contributed by atoms with van der Waals surface area (Å²) in [5.41, 5.74) is 1.40. The van der Waals surface area contributed by atoms with Crippen molar-refractivity contribution in [3.63, 3.8) is 0 Å². The molecular formula is C22H25ClN4O4. The van der Waals surface area contributed by atoms with Crippen LogP contribution in [0.2, 0.25) is 5.02 Å². The maximum absolute atomic E-state index is 12.8. The summed E-state index contributed by atoms with van der Waals surface area (Å²) in [5.74, 6) is -0.654. The van der Waals surface area contributed by atoms with E-state index >= 15 is 0 Å². The first-order valence-corrected chi connectivity index (χ1v) is 10.7. The van der Waals surface area contributed by atoms with Crippen LogP contribution in [0, 0.1) is 10.1 Å². The second-order valence-corrected chi connectivity index (χ2v) is 7.86. The molecule has 0 spiro atoms. The minimum atomic E-state index is -0.521. The molecule has 0 unspecified atom stereocenters. The topological polar surface area (TPSA) is 105 Å².